The first-order valence-electron chi connectivity index (χ1n) is 3.26. The van der Waals surface area contributed by atoms with Crippen LogP contribution in [-0.2, 0) is 0 Å². The zero-order valence-corrected chi connectivity index (χ0v) is 6.95. The predicted molar refractivity (Wildman–Crippen MR) is 48.0 cm³/mol. The lowest BCUT2D eigenvalue weighted by Crippen LogP contribution is -1.76. The topological polar surface area (TPSA) is 44.9 Å². The molecule has 12 heavy (non-hydrogen) atoms. The number of nitrogens with zero attached hydrogens (tertiary/aromatic N) is 1. The summed E-state index contributed by atoms with van der Waals surface area (Å²) in [4.78, 5) is 0. The van der Waals surface area contributed by atoms with E-state index in [-0.39, 0.29) is 23.9 Å². The van der Waals surface area contributed by atoms with Crippen molar-refractivity contribution in [1.82, 2.24) is 4.40 Å². The Kier molecular flexibility index (Phi) is 2.15. The Morgan fingerprint density at radius 1 is 1.17 bits per heavy atom. The van der Waals surface area contributed by atoms with Crippen LogP contribution in [0.5, 0.6) is 11.5 Å². The molecule has 4 heteroatoms. The van der Waals surface area contributed by atoms with Crippen LogP contribution in [0.4, 0.5) is 0 Å². The van der Waals surface area contributed by atoms with Gasteiger partial charge in [-0.05, 0) is 12.1 Å². The molecule has 2 aromatic rings. The van der Waals surface area contributed by atoms with Gasteiger partial charge < -0.3 is 14.6 Å². The highest BCUT2D eigenvalue weighted by Crippen LogP contribution is 2.30. The van der Waals surface area contributed by atoms with Crippen molar-refractivity contribution in [3.8, 4) is 11.5 Å². The molecule has 2 aromatic heterocycles. The average Bonchev–Trinajstić information content (AvgIpc) is 2.30. The molecule has 0 fully saturated rings. The van der Waals surface area contributed by atoms with Crippen LogP contribution in [-0.4, -0.2) is 14.6 Å². The lowest BCUT2D eigenvalue weighted by molar-refractivity contribution is 0.411. The summed E-state index contributed by atoms with van der Waals surface area (Å²) in [6, 6.07) is 5.36. The second-order valence-electron chi connectivity index (χ2n) is 2.36. The average molecular weight is 186 g/mol. The third kappa shape index (κ3) is 1.08. The number of hydrogen-bond donors (Lipinski definition) is 2. The minimum absolute atomic E-state index is 0. The van der Waals surface area contributed by atoms with Gasteiger partial charge in [-0.2, -0.15) is 0 Å². The lowest BCUT2D eigenvalue weighted by atomic mass is 10.4. The maximum absolute atomic E-state index is 9.23. The van der Waals surface area contributed by atoms with Crippen molar-refractivity contribution in [1.29, 1.82) is 0 Å². The molecule has 0 saturated carbocycles. The summed E-state index contributed by atoms with van der Waals surface area (Å²) < 4.78 is 1.66. The number of halogens is 1. The van der Waals surface area contributed by atoms with E-state index < -0.39 is 0 Å². The van der Waals surface area contributed by atoms with Gasteiger partial charge in [0.2, 0.25) is 0 Å². The monoisotopic (exact) mass is 185 g/mol. The van der Waals surface area contributed by atoms with E-state index in [1.54, 1.807) is 22.7 Å². The van der Waals surface area contributed by atoms with Crippen molar-refractivity contribution in [2.75, 3.05) is 0 Å². The number of pyridine rings is 1. The first-order chi connectivity index (χ1) is 5.29. The van der Waals surface area contributed by atoms with Crippen molar-refractivity contribution in [3.63, 3.8) is 0 Å². The fourth-order valence-corrected chi connectivity index (χ4v) is 1.09. The number of hydrogen-bond acceptors (Lipinski definition) is 2. The quantitative estimate of drug-likeness (QED) is 0.657. The SMILES string of the molecule is Cl.Oc1cn2ccccc2c1O. The summed E-state index contributed by atoms with van der Waals surface area (Å²) in [5, 5.41) is 18.3. The standard InChI is InChI=1S/C8H7NO2.ClH/c10-7-5-9-4-2-1-3-6(9)8(7)11;/h1-5,10-11H;1H. The molecule has 0 aliphatic carbocycles. The van der Waals surface area contributed by atoms with E-state index in [1.807, 2.05) is 6.07 Å². The molecular formula is C8H8ClNO2. The minimum Gasteiger partial charge on any atom is -0.503 e. The predicted octanol–water partition coefficient (Wildman–Crippen LogP) is 1.77. The minimum atomic E-state index is -0.0869. The van der Waals surface area contributed by atoms with E-state index in [2.05, 4.69) is 0 Å². The Morgan fingerprint density at radius 3 is 2.58 bits per heavy atom. The first kappa shape index (κ1) is 8.74. The number of aromatic nitrogens is 1. The van der Waals surface area contributed by atoms with Crippen LogP contribution < -0.4 is 0 Å². The smallest absolute Gasteiger partial charge is 0.183 e. The molecule has 0 amide bonds. The molecule has 0 aromatic carbocycles. The highest BCUT2D eigenvalue weighted by molar-refractivity contribution is 5.85. The molecule has 0 unspecified atom stereocenters. The number of aromatic hydroxyl groups is 2. The second kappa shape index (κ2) is 2.95. The molecule has 0 aliphatic rings. The van der Waals surface area contributed by atoms with Crippen molar-refractivity contribution in [2.45, 2.75) is 0 Å². The van der Waals surface area contributed by atoms with Crippen molar-refractivity contribution in [2.24, 2.45) is 0 Å². The second-order valence-corrected chi connectivity index (χ2v) is 2.36. The van der Waals surface area contributed by atoms with Gasteiger partial charge in [0, 0.05) is 6.20 Å². The van der Waals surface area contributed by atoms with E-state index in [0.717, 1.165) is 0 Å². The van der Waals surface area contributed by atoms with Crippen LogP contribution in [0.15, 0.2) is 30.6 Å². The van der Waals surface area contributed by atoms with E-state index >= 15 is 0 Å². The summed E-state index contributed by atoms with van der Waals surface area (Å²) in [5.74, 6) is -0.151. The summed E-state index contributed by atoms with van der Waals surface area (Å²) in [6.45, 7) is 0. The first-order valence-corrected chi connectivity index (χ1v) is 3.26. The molecule has 64 valence electrons. The summed E-state index contributed by atoms with van der Waals surface area (Å²) in [6.07, 6.45) is 3.22. The molecule has 0 bridgehead atoms. The van der Waals surface area contributed by atoms with Gasteiger partial charge in [0.05, 0.1) is 11.7 Å². The van der Waals surface area contributed by atoms with Gasteiger partial charge in [-0.15, -0.1) is 12.4 Å². The fraction of sp³-hybridized carbons (Fsp3) is 0. The van der Waals surface area contributed by atoms with Gasteiger partial charge in [0.15, 0.2) is 11.5 Å². The molecule has 2 rings (SSSR count). The van der Waals surface area contributed by atoms with E-state index in [1.165, 1.54) is 6.20 Å². The van der Waals surface area contributed by atoms with Gasteiger partial charge >= 0.3 is 0 Å². The highest BCUT2D eigenvalue weighted by atomic mass is 35.5. The van der Waals surface area contributed by atoms with E-state index in [9.17, 15) is 5.11 Å². The fourth-order valence-electron chi connectivity index (χ4n) is 1.09. The van der Waals surface area contributed by atoms with Crippen molar-refractivity contribution < 1.29 is 10.2 Å². The van der Waals surface area contributed by atoms with Crippen LogP contribution in [0.3, 0.4) is 0 Å². The molecule has 0 spiro atoms. The maximum atomic E-state index is 9.23. The highest BCUT2D eigenvalue weighted by Gasteiger charge is 2.05. The molecule has 0 aliphatic heterocycles. The Morgan fingerprint density at radius 2 is 1.92 bits per heavy atom. The molecule has 3 nitrogen and oxygen atoms in total. The van der Waals surface area contributed by atoms with Gasteiger partial charge in [0.25, 0.3) is 0 Å². The van der Waals surface area contributed by atoms with E-state index in [0.29, 0.717) is 5.52 Å². The van der Waals surface area contributed by atoms with Gasteiger partial charge in [-0.1, -0.05) is 6.07 Å². The Labute approximate surface area is 75.3 Å². The number of fused-ring (bicyclic) bond motifs is 1. The molecule has 0 atom stereocenters. The molecular weight excluding hydrogens is 178 g/mol. The third-order valence-electron chi connectivity index (χ3n) is 1.64. The maximum Gasteiger partial charge on any atom is 0.183 e. The number of rotatable bonds is 0. The van der Waals surface area contributed by atoms with Crippen LogP contribution in [0.1, 0.15) is 0 Å². The molecule has 2 heterocycles. The lowest BCUT2D eigenvalue weighted by Gasteiger charge is -1.90. The zero-order chi connectivity index (χ0) is 7.84. The summed E-state index contributed by atoms with van der Waals surface area (Å²) in [5.41, 5.74) is 0.616. The largest absolute Gasteiger partial charge is 0.503 e. The van der Waals surface area contributed by atoms with Crippen molar-refractivity contribution >= 4 is 17.9 Å². The van der Waals surface area contributed by atoms with Crippen LogP contribution >= 0.6 is 12.4 Å². The van der Waals surface area contributed by atoms with Gasteiger partial charge in [-0.3, -0.25) is 0 Å². The van der Waals surface area contributed by atoms with Crippen LogP contribution in [0, 0.1) is 0 Å². The zero-order valence-electron chi connectivity index (χ0n) is 6.14. The molecule has 2 N–H and O–H groups in total. The Bertz CT molecular complexity index is 397. The van der Waals surface area contributed by atoms with E-state index in [4.69, 9.17) is 5.11 Å². The van der Waals surface area contributed by atoms with Gasteiger partial charge in [0.1, 0.15) is 0 Å². The molecule has 0 saturated heterocycles. The molecule has 0 radical (unpaired) electrons. The Hall–Kier alpha value is -1.35. The van der Waals surface area contributed by atoms with Gasteiger partial charge in [-0.25, -0.2) is 0 Å². The summed E-state index contributed by atoms with van der Waals surface area (Å²) in [7, 11) is 0. The van der Waals surface area contributed by atoms with Crippen LogP contribution in [0.2, 0.25) is 0 Å². The normalized spacial score (nSPS) is 9.67. The summed E-state index contributed by atoms with van der Waals surface area (Å²) >= 11 is 0. The Balaban J connectivity index is 0.000000720. The van der Waals surface area contributed by atoms with Crippen molar-refractivity contribution in [3.05, 3.63) is 30.6 Å². The van der Waals surface area contributed by atoms with Crippen LogP contribution in [0.25, 0.3) is 5.52 Å². The third-order valence-corrected chi connectivity index (χ3v) is 1.64.